The fourth-order valence-corrected chi connectivity index (χ4v) is 3.27. The van der Waals surface area contributed by atoms with Crippen molar-refractivity contribution in [1.29, 1.82) is 0 Å². The fourth-order valence-electron chi connectivity index (χ4n) is 3.08. The summed E-state index contributed by atoms with van der Waals surface area (Å²) < 4.78 is 11.1. The van der Waals surface area contributed by atoms with Gasteiger partial charge in [-0.05, 0) is 47.9 Å². The predicted molar refractivity (Wildman–Crippen MR) is 129 cm³/mol. The van der Waals surface area contributed by atoms with Crippen molar-refractivity contribution in [2.45, 2.75) is 33.1 Å². The first kappa shape index (κ1) is 25.6. The number of amides is 1. The van der Waals surface area contributed by atoms with Gasteiger partial charge >= 0.3 is 5.97 Å². The number of nitrogens with one attached hydrogen (secondary N) is 1. The molecule has 1 atom stereocenters. The Labute approximate surface area is 207 Å². The molecule has 0 unspecified atom stereocenters. The van der Waals surface area contributed by atoms with Crippen LogP contribution in [-0.2, 0) is 22.7 Å². The van der Waals surface area contributed by atoms with E-state index in [0.29, 0.717) is 12.4 Å². The Kier molecular flexibility index (Phi) is 8.74. The normalized spacial score (nSPS) is 11.5. The molecule has 0 saturated heterocycles. The van der Waals surface area contributed by atoms with Crippen molar-refractivity contribution in [1.82, 2.24) is 10.3 Å². The lowest BCUT2D eigenvalue weighted by molar-refractivity contribution is -0.384. The molecule has 9 nitrogen and oxygen atoms in total. The number of ether oxygens (including phenoxy) is 2. The smallest absolute Gasteiger partial charge is 0.329 e. The lowest BCUT2D eigenvalue weighted by Gasteiger charge is -2.21. The second-order valence-electron chi connectivity index (χ2n) is 7.98. The zero-order valence-electron chi connectivity index (χ0n) is 19.1. The number of rotatable bonds is 10. The molecule has 0 fully saturated rings. The van der Waals surface area contributed by atoms with E-state index in [1.807, 2.05) is 18.2 Å². The second kappa shape index (κ2) is 11.9. The van der Waals surface area contributed by atoms with Crippen molar-refractivity contribution in [3.05, 3.63) is 98.8 Å². The molecule has 0 aliphatic heterocycles. The van der Waals surface area contributed by atoms with Gasteiger partial charge in [-0.1, -0.05) is 43.6 Å². The van der Waals surface area contributed by atoms with Gasteiger partial charge in [0.1, 0.15) is 30.0 Å². The minimum Gasteiger partial charge on any atom is -0.487 e. The molecule has 10 heteroatoms. The van der Waals surface area contributed by atoms with Crippen LogP contribution < -0.4 is 10.1 Å². The number of hydrogen-bond acceptors (Lipinski definition) is 7. The topological polar surface area (TPSA) is 121 Å². The van der Waals surface area contributed by atoms with Gasteiger partial charge in [0, 0.05) is 17.8 Å². The van der Waals surface area contributed by atoms with Crippen LogP contribution in [0.15, 0.2) is 66.9 Å². The molecule has 0 radical (unpaired) electrons. The van der Waals surface area contributed by atoms with Gasteiger partial charge < -0.3 is 14.8 Å². The number of nitro benzene ring substituents is 1. The third-order valence-electron chi connectivity index (χ3n) is 5.03. The molecule has 35 heavy (non-hydrogen) atoms. The van der Waals surface area contributed by atoms with Crippen LogP contribution in [0.5, 0.6) is 5.75 Å². The number of esters is 1. The second-order valence-corrected chi connectivity index (χ2v) is 8.39. The SMILES string of the molecule is CC(C)[C@H](NC(=O)c1ccc(Cl)c([N+](=O)[O-])c1)C(=O)OCc1ccc(OCc2ccccn2)cc1. The van der Waals surface area contributed by atoms with Crippen LogP contribution in [0, 0.1) is 16.0 Å². The van der Waals surface area contributed by atoms with E-state index in [4.69, 9.17) is 21.1 Å². The number of nitrogens with zero attached hydrogens (tertiary/aromatic N) is 2. The van der Waals surface area contributed by atoms with E-state index >= 15 is 0 Å². The van der Waals surface area contributed by atoms with E-state index in [1.54, 1.807) is 44.3 Å². The zero-order chi connectivity index (χ0) is 25.4. The van der Waals surface area contributed by atoms with Crippen molar-refractivity contribution >= 4 is 29.2 Å². The van der Waals surface area contributed by atoms with E-state index in [2.05, 4.69) is 10.3 Å². The first-order valence-electron chi connectivity index (χ1n) is 10.8. The summed E-state index contributed by atoms with van der Waals surface area (Å²) in [6, 6.07) is 15.4. The molecule has 0 bridgehead atoms. The molecule has 3 rings (SSSR count). The van der Waals surface area contributed by atoms with Gasteiger partial charge in [-0.3, -0.25) is 19.9 Å². The van der Waals surface area contributed by atoms with Gasteiger partial charge in [0.15, 0.2) is 0 Å². The van der Waals surface area contributed by atoms with Crippen molar-refractivity contribution in [3.8, 4) is 5.75 Å². The molecule has 1 N–H and O–H groups in total. The van der Waals surface area contributed by atoms with Gasteiger partial charge in [0.2, 0.25) is 0 Å². The third kappa shape index (κ3) is 7.25. The van der Waals surface area contributed by atoms with Crippen molar-refractivity contribution in [2.75, 3.05) is 0 Å². The number of nitro groups is 1. The predicted octanol–water partition coefficient (Wildman–Crippen LogP) is 4.72. The number of pyridine rings is 1. The molecular weight excluding hydrogens is 474 g/mol. The molecule has 0 aliphatic rings. The van der Waals surface area contributed by atoms with E-state index in [-0.39, 0.29) is 23.1 Å². The minimum absolute atomic E-state index is 0.00482. The lowest BCUT2D eigenvalue weighted by atomic mass is 10.0. The summed E-state index contributed by atoms with van der Waals surface area (Å²) in [4.78, 5) is 39.9. The average Bonchev–Trinajstić information content (AvgIpc) is 2.85. The highest BCUT2D eigenvalue weighted by molar-refractivity contribution is 6.32. The monoisotopic (exact) mass is 497 g/mol. The summed E-state index contributed by atoms with van der Waals surface area (Å²) in [6.45, 7) is 3.85. The molecule has 2 aromatic carbocycles. The molecule has 0 aliphatic carbocycles. The fraction of sp³-hybridized carbons (Fsp3) is 0.240. The Morgan fingerprint density at radius 2 is 1.83 bits per heavy atom. The highest BCUT2D eigenvalue weighted by Gasteiger charge is 2.27. The average molecular weight is 498 g/mol. The van der Waals surface area contributed by atoms with Gasteiger partial charge in [-0.2, -0.15) is 0 Å². The number of carbonyl (C=O) groups excluding carboxylic acids is 2. The Morgan fingerprint density at radius 3 is 2.46 bits per heavy atom. The molecule has 0 spiro atoms. The molecule has 182 valence electrons. The number of hydrogen-bond donors (Lipinski definition) is 1. The standard InChI is InChI=1S/C25H24ClN3O6/c1-16(2)23(28-24(30)18-8-11-21(26)22(13-18)29(32)33)25(31)35-14-17-6-9-20(10-7-17)34-15-19-5-3-4-12-27-19/h3-13,16,23H,14-15H2,1-2H3,(H,28,30)/t23-/m0/s1. The lowest BCUT2D eigenvalue weighted by Crippen LogP contribution is -2.45. The Bertz CT molecular complexity index is 1190. The first-order chi connectivity index (χ1) is 16.7. The number of benzene rings is 2. The molecular formula is C25H24ClN3O6. The van der Waals surface area contributed by atoms with E-state index in [9.17, 15) is 19.7 Å². The highest BCUT2D eigenvalue weighted by Crippen LogP contribution is 2.25. The first-order valence-corrected chi connectivity index (χ1v) is 11.2. The zero-order valence-corrected chi connectivity index (χ0v) is 19.9. The number of aromatic nitrogens is 1. The Balaban J connectivity index is 1.56. The largest absolute Gasteiger partial charge is 0.487 e. The third-order valence-corrected chi connectivity index (χ3v) is 5.35. The van der Waals surface area contributed by atoms with Gasteiger partial charge in [-0.15, -0.1) is 0 Å². The van der Waals surface area contributed by atoms with Crippen LogP contribution in [0.4, 0.5) is 5.69 Å². The van der Waals surface area contributed by atoms with E-state index in [1.165, 1.54) is 12.1 Å². The summed E-state index contributed by atoms with van der Waals surface area (Å²) >= 11 is 5.80. The van der Waals surface area contributed by atoms with Crippen molar-refractivity contribution in [2.24, 2.45) is 5.92 Å². The number of carbonyl (C=O) groups is 2. The molecule has 1 heterocycles. The summed E-state index contributed by atoms with van der Waals surface area (Å²) in [5.41, 5.74) is 1.17. The molecule has 3 aromatic rings. The Morgan fingerprint density at radius 1 is 1.09 bits per heavy atom. The van der Waals surface area contributed by atoms with E-state index < -0.39 is 28.5 Å². The summed E-state index contributed by atoms with van der Waals surface area (Å²) in [5, 5.41) is 13.6. The maximum Gasteiger partial charge on any atom is 0.329 e. The van der Waals surface area contributed by atoms with Crippen molar-refractivity contribution in [3.63, 3.8) is 0 Å². The van der Waals surface area contributed by atoms with Crippen LogP contribution in [0.2, 0.25) is 5.02 Å². The summed E-state index contributed by atoms with van der Waals surface area (Å²) in [6.07, 6.45) is 1.70. The quantitative estimate of drug-likeness (QED) is 0.244. The molecule has 0 saturated carbocycles. The molecule has 1 amide bonds. The minimum atomic E-state index is -0.946. The van der Waals surface area contributed by atoms with Crippen LogP contribution in [0.3, 0.4) is 0 Å². The summed E-state index contributed by atoms with van der Waals surface area (Å²) in [5.74, 6) is -0.895. The Hall–Kier alpha value is -3.98. The summed E-state index contributed by atoms with van der Waals surface area (Å²) in [7, 11) is 0. The van der Waals surface area contributed by atoms with Crippen LogP contribution in [0.1, 0.15) is 35.5 Å². The molecule has 1 aromatic heterocycles. The van der Waals surface area contributed by atoms with Crippen LogP contribution >= 0.6 is 11.6 Å². The number of halogens is 1. The van der Waals surface area contributed by atoms with Crippen LogP contribution in [-0.4, -0.2) is 27.8 Å². The highest BCUT2D eigenvalue weighted by atomic mass is 35.5. The van der Waals surface area contributed by atoms with Gasteiger partial charge in [-0.25, -0.2) is 4.79 Å². The maximum absolute atomic E-state index is 12.7. The van der Waals surface area contributed by atoms with Gasteiger partial charge in [0.05, 0.1) is 10.6 Å². The van der Waals surface area contributed by atoms with Crippen LogP contribution in [0.25, 0.3) is 0 Å². The maximum atomic E-state index is 12.7. The van der Waals surface area contributed by atoms with Gasteiger partial charge in [0.25, 0.3) is 11.6 Å². The van der Waals surface area contributed by atoms with E-state index in [0.717, 1.165) is 17.3 Å². The van der Waals surface area contributed by atoms with Crippen molar-refractivity contribution < 1.29 is 24.0 Å².